The first-order valence-corrected chi connectivity index (χ1v) is 1.84. The molecular weight excluding hydrogens is 283 g/mol. The van der Waals surface area contributed by atoms with E-state index in [-0.39, 0.29) is 86.5 Å². The number of hydrogen-bond acceptors (Lipinski definition) is 9. The van der Waals surface area contributed by atoms with Crippen LogP contribution in [0.25, 0.3) is 0 Å². The van der Waals surface area contributed by atoms with Crippen molar-refractivity contribution in [2.75, 3.05) is 0 Å². The first-order valence-electron chi connectivity index (χ1n) is 1.84. The molecule has 0 unspecified atom stereocenters. The second kappa shape index (κ2) is 36.1. The van der Waals surface area contributed by atoms with Gasteiger partial charge >= 0.3 is 80.8 Å². The zero-order valence-corrected chi connectivity index (χ0v) is 12.9. The third-order valence-corrected chi connectivity index (χ3v) is 0. The zero-order chi connectivity index (χ0) is 10.7. The average Bonchev–Trinajstić information content (AvgIpc) is 1.54. The molecule has 0 aromatic rings. The van der Waals surface area contributed by atoms with E-state index in [0.29, 0.717) is 0 Å². The topological polar surface area (TPSA) is 190 Å². The molecule has 0 aliphatic carbocycles. The molecule has 13 heteroatoms. The molecule has 0 N–H and O–H groups in total. The molecule has 0 fully saturated rings. The minimum absolute atomic E-state index is 0. The molecule has 0 aromatic heterocycles. The molecule has 0 aromatic carbocycles. The van der Waals surface area contributed by atoms with E-state index in [4.69, 9.17) is 45.0 Å². The second-order valence-electron chi connectivity index (χ2n) is 0.750. The van der Waals surface area contributed by atoms with Crippen molar-refractivity contribution in [3.63, 3.8) is 0 Å². The van der Waals surface area contributed by atoms with E-state index >= 15 is 0 Å². The van der Waals surface area contributed by atoms with Crippen LogP contribution >= 0.6 is 0 Å². The molecule has 0 radical (unpaired) electrons. The average molecular weight is 287 g/mol. The molecule has 16 heavy (non-hydrogen) atoms. The van der Waals surface area contributed by atoms with E-state index in [0.717, 1.165) is 0 Å². The van der Waals surface area contributed by atoms with Gasteiger partial charge in [-0.1, -0.05) is 0 Å². The maximum absolute atomic E-state index is 8.33. The molecule has 0 heterocycles. The van der Waals surface area contributed by atoms with Crippen LogP contribution in [0.1, 0.15) is 5.71 Å². The molecule has 0 aliphatic rings. The first kappa shape index (κ1) is 44.0. The van der Waals surface area contributed by atoms with Crippen LogP contribution in [-0.2, 0) is 0 Å². The number of hydrogen-bond donors (Lipinski definition) is 0. The fourth-order valence-corrected chi connectivity index (χ4v) is 0. The van der Waals surface area contributed by atoms with Crippen LogP contribution < -0.4 is 30.6 Å². The summed E-state index contributed by atoms with van der Waals surface area (Å²) in [5.41, 5.74) is 0. The van der Waals surface area contributed by atoms with Gasteiger partial charge in [-0.2, -0.15) is 0 Å². The van der Waals surface area contributed by atoms with Gasteiger partial charge in [0.05, 0.1) is 0 Å². The van der Waals surface area contributed by atoms with Crippen molar-refractivity contribution in [3.05, 3.63) is 0 Å². The largest absolute Gasteiger partial charge is 3.00 e. The Hall–Kier alpha value is 0.407. The van der Waals surface area contributed by atoms with Crippen LogP contribution in [0.3, 0.4) is 0 Å². The zero-order valence-electron chi connectivity index (χ0n) is 11.7. The Morgan fingerprint density at radius 3 is 0.562 bits per heavy atom. The van der Waals surface area contributed by atoms with Gasteiger partial charge in [0.2, 0.25) is 0 Å². The predicted molar refractivity (Wildman–Crippen MR) is 43.7 cm³/mol. The first-order chi connectivity index (χ1) is 5.20. The fourth-order valence-electron chi connectivity index (χ4n) is 0. The van der Waals surface area contributed by atoms with Gasteiger partial charge in [0.25, 0.3) is 0 Å². The normalized spacial score (nSPS) is 4.50. The SMILES string of the molecule is O=C([O-])[O-].O=C([O-])[O-].O=C([O-])[O-].[Al+3].[Al+3].[H-].[H-].[H-].[H-].[Mg+2].[Mg+2]. The minimum atomic E-state index is -2.33. The summed E-state index contributed by atoms with van der Waals surface area (Å²) >= 11 is 0. The van der Waals surface area contributed by atoms with Crippen molar-refractivity contribution in [2.45, 2.75) is 0 Å². The third kappa shape index (κ3) is 15600. The number of carbonyl (C=O) groups is 3. The maximum Gasteiger partial charge on any atom is 3.00 e. The van der Waals surface area contributed by atoms with E-state index in [1.54, 1.807) is 0 Å². The van der Waals surface area contributed by atoms with Crippen molar-refractivity contribution in [3.8, 4) is 0 Å². The number of rotatable bonds is 0. The van der Waals surface area contributed by atoms with Crippen LogP contribution in [0.5, 0.6) is 0 Å². The second-order valence-corrected chi connectivity index (χ2v) is 0.750. The Morgan fingerprint density at radius 2 is 0.562 bits per heavy atom. The van der Waals surface area contributed by atoms with E-state index < -0.39 is 18.5 Å². The summed E-state index contributed by atoms with van der Waals surface area (Å²) in [6, 6.07) is 0. The van der Waals surface area contributed by atoms with Gasteiger partial charge in [0, 0.05) is 0 Å². The molecule has 0 bridgehead atoms. The Labute approximate surface area is 149 Å². The van der Waals surface area contributed by atoms with Gasteiger partial charge in [-0.3, -0.25) is 0 Å². The molecule has 0 amide bonds. The fraction of sp³-hybridized carbons (Fsp3) is 0. The molecular formula is C3H4Al2Mg2O9. The summed E-state index contributed by atoms with van der Waals surface area (Å²) in [5, 5.41) is 50.0. The molecule has 9 nitrogen and oxygen atoms in total. The molecule has 0 saturated heterocycles. The van der Waals surface area contributed by atoms with Crippen LogP contribution in [0.2, 0.25) is 0 Å². The molecule has 0 aliphatic heterocycles. The summed E-state index contributed by atoms with van der Waals surface area (Å²) < 4.78 is 0. The number of carbonyl (C=O) groups excluding carboxylic acids is 3. The molecule has 0 rings (SSSR count). The van der Waals surface area contributed by atoms with Crippen molar-refractivity contribution < 1.29 is 50.7 Å². The van der Waals surface area contributed by atoms with E-state index in [1.165, 1.54) is 0 Å². The summed E-state index contributed by atoms with van der Waals surface area (Å²) in [6.07, 6.45) is -7.00. The van der Waals surface area contributed by atoms with Crippen LogP contribution in [0.4, 0.5) is 14.4 Å². The Bertz CT molecular complexity index is 139. The van der Waals surface area contributed by atoms with E-state index in [9.17, 15) is 0 Å². The van der Waals surface area contributed by atoms with Crippen LogP contribution in [-0.4, -0.2) is 99.3 Å². The van der Waals surface area contributed by atoms with Crippen molar-refractivity contribution >= 4 is 99.3 Å². The standard InChI is InChI=1S/3CH2O3.2Al.2Mg.4H/c3*2-1(3)4;;;;;;;;/h3*(H2,2,3,4);;;;;;;;/q;;;2*+3;2*+2;4*-1/p-6. The molecule has 0 atom stereocenters. The maximum atomic E-state index is 8.33. The number of carboxylic acid groups (broad SMARTS) is 6. The van der Waals surface area contributed by atoms with Gasteiger partial charge in [0.1, 0.15) is 0 Å². The Morgan fingerprint density at radius 1 is 0.562 bits per heavy atom. The van der Waals surface area contributed by atoms with Crippen molar-refractivity contribution in [1.29, 1.82) is 0 Å². The monoisotopic (exact) mass is 286 g/mol. The quantitative estimate of drug-likeness (QED) is 0.389. The summed E-state index contributed by atoms with van der Waals surface area (Å²) in [6.45, 7) is 0. The summed E-state index contributed by atoms with van der Waals surface area (Å²) in [7, 11) is 0. The van der Waals surface area contributed by atoms with Crippen LogP contribution in [0.15, 0.2) is 0 Å². The van der Waals surface area contributed by atoms with Crippen molar-refractivity contribution in [1.82, 2.24) is 0 Å². The summed E-state index contributed by atoms with van der Waals surface area (Å²) in [5.74, 6) is 0. The molecule has 0 spiro atoms. The van der Waals surface area contributed by atoms with Crippen molar-refractivity contribution in [2.24, 2.45) is 0 Å². The van der Waals surface area contributed by atoms with Gasteiger partial charge in [-0.25, -0.2) is 0 Å². The third-order valence-electron chi connectivity index (χ3n) is 0. The van der Waals surface area contributed by atoms with E-state index in [1.807, 2.05) is 0 Å². The smallest absolute Gasteiger partial charge is 1.00 e. The molecule has 0 saturated carbocycles. The minimum Gasteiger partial charge on any atom is -1.00 e. The molecule has 80 valence electrons. The Balaban J connectivity index is -0.00000000562. The van der Waals surface area contributed by atoms with Gasteiger partial charge in [0.15, 0.2) is 0 Å². The van der Waals surface area contributed by atoms with Crippen LogP contribution in [0, 0.1) is 0 Å². The van der Waals surface area contributed by atoms with E-state index in [2.05, 4.69) is 0 Å². The van der Waals surface area contributed by atoms with Gasteiger partial charge in [-0.05, 0) is 18.5 Å². The van der Waals surface area contributed by atoms with Gasteiger partial charge in [-0.15, -0.1) is 0 Å². The Kier molecular flexibility index (Phi) is 99.4. The van der Waals surface area contributed by atoms with Gasteiger partial charge < -0.3 is 50.7 Å². The predicted octanol–water partition coefficient (Wildman–Crippen LogP) is -8.41. The summed E-state index contributed by atoms with van der Waals surface area (Å²) in [4.78, 5) is 25.0.